The first-order chi connectivity index (χ1) is 8.74. The summed E-state index contributed by atoms with van der Waals surface area (Å²) in [6.07, 6.45) is 3.77. The first kappa shape index (κ1) is 12.1. The van der Waals surface area contributed by atoms with E-state index >= 15 is 0 Å². The highest BCUT2D eigenvalue weighted by Gasteiger charge is 2.42. The number of aryl methyl sites for hydroxylation is 1. The van der Waals surface area contributed by atoms with Crippen molar-refractivity contribution in [3.8, 4) is 0 Å². The highest BCUT2D eigenvalue weighted by Crippen LogP contribution is 2.37. The van der Waals surface area contributed by atoms with Gasteiger partial charge in [-0.1, -0.05) is 6.42 Å². The van der Waals surface area contributed by atoms with Gasteiger partial charge in [-0.3, -0.25) is 4.79 Å². The maximum absolute atomic E-state index is 12.2. The van der Waals surface area contributed by atoms with Crippen molar-refractivity contribution >= 4 is 17.2 Å². The maximum atomic E-state index is 12.2. The van der Waals surface area contributed by atoms with Crippen molar-refractivity contribution in [2.75, 3.05) is 6.54 Å². The number of aromatic nitrogens is 1. The second-order valence-corrected chi connectivity index (χ2v) is 6.28. The highest BCUT2D eigenvalue weighted by atomic mass is 32.1. The number of thiazole rings is 1. The summed E-state index contributed by atoms with van der Waals surface area (Å²) in [6.45, 7) is 3.55. The molecule has 1 saturated carbocycles. The Hall–Kier alpha value is -0.940. The monoisotopic (exact) mass is 265 g/mol. The zero-order valence-corrected chi connectivity index (χ0v) is 11.4. The quantitative estimate of drug-likeness (QED) is 0.870. The van der Waals surface area contributed by atoms with Gasteiger partial charge in [0.2, 0.25) is 5.91 Å². The van der Waals surface area contributed by atoms with Crippen molar-refractivity contribution in [2.45, 2.75) is 38.8 Å². The van der Waals surface area contributed by atoms with Gasteiger partial charge in [0, 0.05) is 11.1 Å². The Kier molecular flexibility index (Phi) is 3.35. The zero-order valence-electron chi connectivity index (χ0n) is 10.6. The van der Waals surface area contributed by atoms with Gasteiger partial charge in [0.25, 0.3) is 0 Å². The number of carbonyl (C=O) groups is 1. The molecule has 2 fully saturated rings. The van der Waals surface area contributed by atoms with Crippen LogP contribution < -0.4 is 10.6 Å². The molecule has 2 aliphatic rings. The first-order valence-corrected chi connectivity index (χ1v) is 7.54. The van der Waals surface area contributed by atoms with Crippen molar-refractivity contribution in [2.24, 2.45) is 11.8 Å². The lowest BCUT2D eigenvalue weighted by molar-refractivity contribution is -0.123. The summed E-state index contributed by atoms with van der Waals surface area (Å²) in [7, 11) is 0. The summed E-state index contributed by atoms with van der Waals surface area (Å²) in [5.74, 6) is 1.43. The summed E-state index contributed by atoms with van der Waals surface area (Å²) in [4.78, 5) is 16.5. The normalized spacial score (nSPS) is 30.4. The molecule has 0 spiro atoms. The Morgan fingerprint density at radius 1 is 1.61 bits per heavy atom. The number of hydrogen-bond acceptors (Lipinski definition) is 4. The molecule has 2 N–H and O–H groups in total. The van der Waals surface area contributed by atoms with Crippen LogP contribution in [-0.4, -0.2) is 23.5 Å². The average molecular weight is 265 g/mol. The van der Waals surface area contributed by atoms with Gasteiger partial charge in [0.05, 0.1) is 12.6 Å². The average Bonchev–Trinajstić information content (AvgIpc) is 3.01. The second-order valence-electron chi connectivity index (χ2n) is 5.34. The van der Waals surface area contributed by atoms with E-state index < -0.39 is 0 Å². The fourth-order valence-electron chi connectivity index (χ4n) is 3.23. The van der Waals surface area contributed by atoms with Crippen molar-refractivity contribution in [1.29, 1.82) is 0 Å². The molecule has 0 radical (unpaired) electrons. The molecule has 3 unspecified atom stereocenters. The van der Waals surface area contributed by atoms with Crippen molar-refractivity contribution in [1.82, 2.24) is 15.6 Å². The molecule has 4 nitrogen and oxygen atoms in total. The van der Waals surface area contributed by atoms with Gasteiger partial charge < -0.3 is 10.6 Å². The molecule has 0 bridgehead atoms. The molecule has 1 amide bonds. The van der Waals surface area contributed by atoms with E-state index in [0.29, 0.717) is 12.5 Å². The minimum Gasteiger partial charge on any atom is -0.348 e. The minimum atomic E-state index is 0.0264. The van der Waals surface area contributed by atoms with Crippen LogP contribution in [0.4, 0.5) is 0 Å². The van der Waals surface area contributed by atoms with Crippen LogP contribution in [0.25, 0.3) is 0 Å². The molecular weight excluding hydrogens is 246 g/mol. The molecular formula is C13H19N3OS. The number of carbonyl (C=O) groups excluding carboxylic acids is 1. The maximum Gasteiger partial charge on any atom is 0.237 e. The van der Waals surface area contributed by atoms with E-state index in [-0.39, 0.29) is 11.9 Å². The summed E-state index contributed by atoms with van der Waals surface area (Å²) in [5, 5.41) is 9.39. The van der Waals surface area contributed by atoms with Gasteiger partial charge in [-0.15, -0.1) is 11.3 Å². The van der Waals surface area contributed by atoms with Crippen LogP contribution in [0, 0.1) is 18.8 Å². The predicted molar refractivity (Wildman–Crippen MR) is 71.3 cm³/mol. The molecule has 1 aromatic heterocycles. The summed E-state index contributed by atoms with van der Waals surface area (Å²) in [6, 6.07) is 0.0264. The molecule has 0 aromatic carbocycles. The Balaban J connectivity index is 1.55. The van der Waals surface area contributed by atoms with Gasteiger partial charge >= 0.3 is 0 Å². The number of rotatable bonds is 3. The Morgan fingerprint density at radius 2 is 2.50 bits per heavy atom. The summed E-state index contributed by atoms with van der Waals surface area (Å²) in [5.41, 5.74) is 1.03. The molecule has 1 aromatic rings. The summed E-state index contributed by atoms with van der Waals surface area (Å²) < 4.78 is 0. The van der Waals surface area contributed by atoms with Crippen molar-refractivity contribution in [3.63, 3.8) is 0 Å². The third-order valence-electron chi connectivity index (χ3n) is 4.11. The van der Waals surface area contributed by atoms with E-state index in [4.69, 9.17) is 0 Å². The van der Waals surface area contributed by atoms with Crippen LogP contribution in [0.2, 0.25) is 0 Å². The third kappa shape index (κ3) is 2.29. The number of hydrogen-bond donors (Lipinski definition) is 2. The number of fused-ring (bicyclic) bond motifs is 1. The molecule has 98 valence electrons. The molecule has 3 atom stereocenters. The minimum absolute atomic E-state index is 0.0264. The van der Waals surface area contributed by atoms with Crippen LogP contribution in [0.3, 0.4) is 0 Å². The van der Waals surface area contributed by atoms with Crippen LogP contribution in [0.5, 0.6) is 0 Å². The topological polar surface area (TPSA) is 54.0 Å². The molecule has 1 aliphatic heterocycles. The highest BCUT2D eigenvalue weighted by molar-refractivity contribution is 7.09. The number of nitrogens with one attached hydrogen (secondary N) is 2. The molecule has 18 heavy (non-hydrogen) atoms. The van der Waals surface area contributed by atoms with Gasteiger partial charge in [-0.05, 0) is 38.1 Å². The van der Waals surface area contributed by atoms with E-state index in [9.17, 15) is 4.79 Å². The Labute approximate surface area is 111 Å². The largest absolute Gasteiger partial charge is 0.348 e. The van der Waals surface area contributed by atoms with Crippen molar-refractivity contribution < 1.29 is 4.79 Å². The fourth-order valence-corrected chi connectivity index (χ4v) is 3.94. The van der Waals surface area contributed by atoms with Crippen LogP contribution in [-0.2, 0) is 11.3 Å². The first-order valence-electron chi connectivity index (χ1n) is 6.66. The number of nitrogens with zero attached hydrogens (tertiary/aromatic N) is 1. The van der Waals surface area contributed by atoms with Crippen LogP contribution >= 0.6 is 11.3 Å². The van der Waals surface area contributed by atoms with E-state index in [0.717, 1.165) is 23.2 Å². The molecule has 1 aliphatic carbocycles. The molecule has 1 saturated heterocycles. The zero-order chi connectivity index (χ0) is 12.5. The fraction of sp³-hybridized carbons (Fsp3) is 0.692. The number of amides is 1. The van der Waals surface area contributed by atoms with Crippen LogP contribution in [0.15, 0.2) is 5.38 Å². The van der Waals surface area contributed by atoms with E-state index in [2.05, 4.69) is 15.6 Å². The lowest BCUT2D eigenvalue weighted by Crippen LogP contribution is -2.43. The lowest BCUT2D eigenvalue weighted by Gasteiger charge is -2.17. The predicted octanol–water partition coefficient (Wildman–Crippen LogP) is 1.46. The third-order valence-corrected chi connectivity index (χ3v) is 5.08. The molecule has 2 heterocycles. The standard InChI is InChI=1S/C13H19N3OS/c1-8-7-18-11(16-8)6-15-13(17)12-10-4-2-3-9(10)5-14-12/h7,9-10,12,14H,2-6H2,1H3,(H,15,17). The van der Waals surface area contributed by atoms with Gasteiger partial charge in [-0.25, -0.2) is 4.98 Å². The Morgan fingerprint density at radius 3 is 3.28 bits per heavy atom. The summed E-state index contributed by atoms with van der Waals surface area (Å²) >= 11 is 1.61. The van der Waals surface area contributed by atoms with Gasteiger partial charge in [0.15, 0.2) is 0 Å². The second kappa shape index (κ2) is 4.97. The molecule has 3 rings (SSSR count). The lowest BCUT2D eigenvalue weighted by atomic mass is 9.94. The van der Waals surface area contributed by atoms with E-state index in [1.165, 1.54) is 19.3 Å². The smallest absolute Gasteiger partial charge is 0.237 e. The van der Waals surface area contributed by atoms with Crippen LogP contribution in [0.1, 0.15) is 30.0 Å². The SMILES string of the molecule is Cc1csc(CNC(=O)C2NCC3CCCC32)n1. The van der Waals surface area contributed by atoms with E-state index in [1.54, 1.807) is 11.3 Å². The van der Waals surface area contributed by atoms with E-state index in [1.807, 2.05) is 12.3 Å². The molecule has 5 heteroatoms. The van der Waals surface area contributed by atoms with Gasteiger partial charge in [0.1, 0.15) is 5.01 Å². The van der Waals surface area contributed by atoms with Crippen molar-refractivity contribution in [3.05, 3.63) is 16.1 Å². The van der Waals surface area contributed by atoms with Gasteiger partial charge in [-0.2, -0.15) is 0 Å². The Bertz CT molecular complexity index is 445.